The molecule has 1 fully saturated rings. The topological polar surface area (TPSA) is 92.7 Å². The third-order valence-electron chi connectivity index (χ3n) is 5.76. The minimum Gasteiger partial charge on any atom is -0.317 e. The number of ketones is 1. The summed E-state index contributed by atoms with van der Waals surface area (Å²) in [5, 5.41) is 15.4. The highest BCUT2D eigenvalue weighted by Crippen LogP contribution is 2.42. The van der Waals surface area contributed by atoms with E-state index in [1.807, 2.05) is 6.07 Å². The molecule has 1 aliphatic carbocycles. The van der Waals surface area contributed by atoms with Crippen molar-refractivity contribution in [2.24, 2.45) is 5.41 Å². The summed E-state index contributed by atoms with van der Waals surface area (Å²) in [5.74, 6) is -0.251. The third-order valence-corrected chi connectivity index (χ3v) is 5.76. The molecule has 0 radical (unpaired) electrons. The van der Waals surface area contributed by atoms with Crippen LogP contribution in [0.5, 0.6) is 0 Å². The van der Waals surface area contributed by atoms with E-state index >= 15 is 0 Å². The van der Waals surface area contributed by atoms with Crippen LogP contribution in [0.2, 0.25) is 0 Å². The quantitative estimate of drug-likeness (QED) is 0.700. The second kappa shape index (κ2) is 5.60. The van der Waals surface area contributed by atoms with Gasteiger partial charge in [-0.2, -0.15) is 14.9 Å². The second-order valence-corrected chi connectivity index (χ2v) is 7.43. The van der Waals surface area contributed by atoms with Crippen LogP contribution in [0.4, 0.5) is 0 Å². The monoisotopic (exact) mass is 349 g/mol. The van der Waals surface area contributed by atoms with Crippen LogP contribution in [0.15, 0.2) is 30.6 Å². The first-order chi connectivity index (χ1) is 12.7. The fourth-order valence-corrected chi connectivity index (χ4v) is 4.36. The van der Waals surface area contributed by atoms with Crippen LogP contribution in [0.3, 0.4) is 0 Å². The van der Waals surface area contributed by atoms with Crippen molar-refractivity contribution < 1.29 is 9.59 Å². The summed E-state index contributed by atoms with van der Waals surface area (Å²) in [6, 6.07) is 5.34. The Balaban J connectivity index is 1.51. The highest BCUT2D eigenvalue weighted by atomic mass is 16.2. The SMILES string of the molecule is O=C1CC2(CCNCC2)Cc2cnn(C(=O)c3ccc4cn[nH]c4c3)c21. The third kappa shape index (κ3) is 2.31. The number of carbonyl (C=O) groups is 2. The summed E-state index contributed by atoms with van der Waals surface area (Å²) in [6.45, 7) is 1.89. The van der Waals surface area contributed by atoms with Gasteiger partial charge in [-0.05, 0) is 49.9 Å². The summed E-state index contributed by atoms with van der Waals surface area (Å²) in [4.78, 5) is 25.9. The molecule has 0 atom stereocenters. The highest BCUT2D eigenvalue weighted by Gasteiger charge is 2.41. The molecule has 1 aromatic carbocycles. The molecule has 0 unspecified atom stereocenters. The van der Waals surface area contributed by atoms with Crippen molar-refractivity contribution in [3.63, 3.8) is 0 Å². The number of nitrogens with zero attached hydrogens (tertiary/aromatic N) is 3. The van der Waals surface area contributed by atoms with E-state index in [9.17, 15) is 9.59 Å². The lowest BCUT2D eigenvalue weighted by atomic mass is 9.67. The molecular formula is C19H19N5O2. The maximum atomic E-state index is 13.0. The fourth-order valence-electron chi connectivity index (χ4n) is 4.36. The lowest BCUT2D eigenvalue weighted by Gasteiger charge is -2.39. The van der Waals surface area contributed by atoms with Gasteiger partial charge in [-0.1, -0.05) is 6.07 Å². The molecule has 5 rings (SSSR count). The number of fused-ring (bicyclic) bond motifs is 2. The van der Waals surface area contributed by atoms with E-state index in [2.05, 4.69) is 20.6 Å². The van der Waals surface area contributed by atoms with Gasteiger partial charge < -0.3 is 5.32 Å². The Morgan fingerprint density at radius 1 is 1.15 bits per heavy atom. The van der Waals surface area contributed by atoms with Gasteiger partial charge in [0.05, 0.1) is 17.9 Å². The zero-order valence-corrected chi connectivity index (χ0v) is 14.3. The molecule has 7 heteroatoms. The van der Waals surface area contributed by atoms with Crippen molar-refractivity contribution in [2.75, 3.05) is 13.1 Å². The molecule has 3 heterocycles. The number of aromatic nitrogens is 4. The average molecular weight is 349 g/mol. The van der Waals surface area contributed by atoms with Crippen LogP contribution < -0.4 is 5.32 Å². The number of hydrogen-bond acceptors (Lipinski definition) is 5. The maximum absolute atomic E-state index is 13.0. The van der Waals surface area contributed by atoms with E-state index in [-0.39, 0.29) is 17.1 Å². The minimum absolute atomic E-state index is 0.0288. The van der Waals surface area contributed by atoms with Gasteiger partial charge in [0, 0.05) is 22.9 Å². The van der Waals surface area contributed by atoms with E-state index in [1.54, 1.807) is 24.5 Å². The van der Waals surface area contributed by atoms with Crippen LogP contribution in [0.1, 0.15) is 45.7 Å². The van der Waals surface area contributed by atoms with Crippen molar-refractivity contribution in [2.45, 2.75) is 25.7 Å². The minimum atomic E-state index is -0.280. The first kappa shape index (κ1) is 15.5. The molecule has 0 amide bonds. The van der Waals surface area contributed by atoms with Gasteiger partial charge in [0.2, 0.25) is 0 Å². The second-order valence-electron chi connectivity index (χ2n) is 7.43. The molecule has 26 heavy (non-hydrogen) atoms. The Morgan fingerprint density at radius 3 is 2.85 bits per heavy atom. The Bertz CT molecular complexity index is 1030. The summed E-state index contributed by atoms with van der Waals surface area (Å²) < 4.78 is 1.28. The molecule has 2 aliphatic rings. The normalized spacial score (nSPS) is 19.0. The summed E-state index contributed by atoms with van der Waals surface area (Å²) >= 11 is 0. The van der Waals surface area contributed by atoms with Crippen molar-refractivity contribution in [1.82, 2.24) is 25.3 Å². The molecule has 2 N–H and O–H groups in total. The Morgan fingerprint density at radius 2 is 2.00 bits per heavy atom. The van der Waals surface area contributed by atoms with Crippen LogP contribution >= 0.6 is 0 Å². The summed E-state index contributed by atoms with van der Waals surface area (Å²) in [7, 11) is 0. The molecule has 0 bridgehead atoms. The number of Topliss-reactive ketones (excluding diaryl/α,β-unsaturated/α-hetero) is 1. The van der Waals surface area contributed by atoms with Gasteiger partial charge in [-0.25, -0.2) is 0 Å². The molecule has 1 aliphatic heterocycles. The molecule has 132 valence electrons. The van der Waals surface area contributed by atoms with Gasteiger partial charge >= 0.3 is 0 Å². The van der Waals surface area contributed by atoms with E-state index in [4.69, 9.17) is 0 Å². The van der Waals surface area contributed by atoms with Gasteiger partial charge in [-0.3, -0.25) is 14.7 Å². The average Bonchev–Trinajstić information content (AvgIpc) is 3.27. The largest absolute Gasteiger partial charge is 0.317 e. The predicted molar refractivity (Wildman–Crippen MR) is 95.2 cm³/mol. The van der Waals surface area contributed by atoms with E-state index in [0.717, 1.165) is 48.8 Å². The summed E-state index contributed by atoms with van der Waals surface area (Å²) in [5.41, 5.74) is 2.67. The Hall–Kier alpha value is -2.80. The van der Waals surface area contributed by atoms with E-state index in [1.165, 1.54) is 4.68 Å². The van der Waals surface area contributed by atoms with E-state index < -0.39 is 0 Å². The predicted octanol–water partition coefficient (Wildman–Crippen LogP) is 1.95. The van der Waals surface area contributed by atoms with Crippen LogP contribution in [0, 0.1) is 5.41 Å². The number of H-pyrrole nitrogens is 1. The van der Waals surface area contributed by atoms with Crippen LogP contribution in [-0.4, -0.2) is 44.8 Å². The van der Waals surface area contributed by atoms with Crippen molar-refractivity contribution >= 4 is 22.6 Å². The standard InChI is InChI=1S/C19H19N5O2/c25-16-9-19(3-5-20-6-4-19)8-14-11-22-24(17(14)16)18(26)12-1-2-13-10-21-23-15(13)7-12/h1-2,7,10-11,20H,3-6,8-9H2,(H,21,23). The number of nitrogens with one attached hydrogen (secondary N) is 2. The first-order valence-corrected chi connectivity index (χ1v) is 8.94. The molecule has 2 aromatic heterocycles. The zero-order chi connectivity index (χ0) is 17.7. The molecule has 7 nitrogen and oxygen atoms in total. The molecule has 1 saturated heterocycles. The molecule has 3 aromatic rings. The molecule has 1 spiro atoms. The maximum Gasteiger partial charge on any atom is 0.278 e. The van der Waals surface area contributed by atoms with E-state index in [0.29, 0.717) is 17.7 Å². The van der Waals surface area contributed by atoms with Gasteiger partial charge in [0.25, 0.3) is 5.91 Å². The van der Waals surface area contributed by atoms with Gasteiger partial charge in [-0.15, -0.1) is 0 Å². The van der Waals surface area contributed by atoms with Crippen LogP contribution in [-0.2, 0) is 6.42 Å². The van der Waals surface area contributed by atoms with Crippen molar-refractivity contribution in [3.05, 3.63) is 47.4 Å². The lowest BCUT2D eigenvalue weighted by Crippen LogP contribution is -2.42. The van der Waals surface area contributed by atoms with Crippen molar-refractivity contribution in [3.8, 4) is 0 Å². The first-order valence-electron chi connectivity index (χ1n) is 8.94. The summed E-state index contributed by atoms with van der Waals surface area (Å²) in [6.07, 6.45) is 6.72. The van der Waals surface area contributed by atoms with Gasteiger partial charge in [0.1, 0.15) is 5.69 Å². The number of carbonyl (C=O) groups excluding carboxylic acids is 2. The van der Waals surface area contributed by atoms with Crippen molar-refractivity contribution in [1.29, 1.82) is 0 Å². The smallest absolute Gasteiger partial charge is 0.278 e. The fraction of sp³-hybridized carbons (Fsp3) is 0.368. The number of aromatic amines is 1. The molecule has 0 saturated carbocycles. The number of rotatable bonds is 1. The zero-order valence-electron chi connectivity index (χ0n) is 14.3. The number of hydrogen-bond donors (Lipinski definition) is 2. The molecular weight excluding hydrogens is 330 g/mol. The lowest BCUT2D eigenvalue weighted by molar-refractivity contribution is 0.0802. The number of benzene rings is 1. The highest BCUT2D eigenvalue weighted by molar-refractivity contribution is 6.05. The Kier molecular flexibility index (Phi) is 3.33. The van der Waals surface area contributed by atoms with Gasteiger partial charge in [0.15, 0.2) is 5.78 Å². The van der Waals surface area contributed by atoms with Crippen LogP contribution in [0.25, 0.3) is 10.9 Å². The Labute approximate surface area is 149 Å². The number of piperidine rings is 1.